The third kappa shape index (κ3) is 2.44. The summed E-state index contributed by atoms with van der Waals surface area (Å²) in [7, 11) is 0. The quantitative estimate of drug-likeness (QED) is 0.598. The van der Waals surface area contributed by atoms with Crippen molar-refractivity contribution in [3.63, 3.8) is 0 Å². The fraction of sp³-hybridized carbons (Fsp3) is 0.333. The van der Waals surface area contributed by atoms with Gasteiger partial charge >= 0.3 is 0 Å². The van der Waals surface area contributed by atoms with Gasteiger partial charge in [0.05, 0.1) is 0 Å². The van der Waals surface area contributed by atoms with E-state index in [-0.39, 0.29) is 0 Å². The van der Waals surface area contributed by atoms with Gasteiger partial charge in [-0.25, -0.2) is 0 Å². The molecule has 1 aromatic rings. The largest absolute Gasteiger partial charge is 0.126 e. The molecule has 0 saturated carbocycles. The van der Waals surface area contributed by atoms with E-state index in [0.29, 0.717) is 0 Å². The van der Waals surface area contributed by atoms with Crippen LogP contribution in [0.1, 0.15) is 13.3 Å². The highest BCUT2D eigenvalue weighted by Gasteiger charge is 1.87. The Morgan fingerprint density at radius 1 is 1.40 bits per heavy atom. The van der Waals surface area contributed by atoms with Gasteiger partial charge in [0.25, 0.3) is 0 Å². The molecule has 0 bridgehead atoms. The zero-order valence-corrected chi connectivity index (χ0v) is 6.95. The zero-order valence-electron chi connectivity index (χ0n) is 6.13. The number of benzene rings is 1. The van der Waals surface area contributed by atoms with Crippen LogP contribution < -0.4 is 0 Å². The van der Waals surface area contributed by atoms with E-state index in [9.17, 15) is 0 Å². The summed E-state index contributed by atoms with van der Waals surface area (Å²) in [4.78, 5) is 1.35. The first-order valence-electron chi connectivity index (χ1n) is 3.52. The van der Waals surface area contributed by atoms with E-state index >= 15 is 0 Å². The molecular formula is C9H11S. The van der Waals surface area contributed by atoms with Crippen LogP contribution in [-0.2, 0) is 0 Å². The second-order valence-electron chi connectivity index (χ2n) is 2.08. The Kier molecular flexibility index (Phi) is 3.37. The van der Waals surface area contributed by atoms with Gasteiger partial charge in [-0.3, -0.25) is 0 Å². The lowest BCUT2D eigenvalue weighted by Gasteiger charge is -1.96. The second-order valence-corrected chi connectivity index (χ2v) is 3.25. The SMILES string of the molecule is CCCSc1cc[c]cc1. The predicted octanol–water partition coefficient (Wildman–Crippen LogP) is 2.99. The molecule has 0 aliphatic heterocycles. The third-order valence-corrected chi connectivity index (χ3v) is 2.38. The standard InChI is InChI=1S/C9H11S/c1-2-8-10-9-6-4-3-5-7-9/h4-7H,2,8H2,1H3. The van der Waals surface area contributed by atoms with Gasteiger partial charge in [-0.2, -0.15) is 0 Å². The van der Waals surface area contributed by atoms with E-state index < -0.39 is 0 Å². The molecule has 0 unspecified atom stereocenters. The summed E-state index contributed by atoms with van der Waals surface area (Å²) in [5.41, 5.74) is 0. The molecule has 1 rings (SSSR count). The molecular weight excluding hydrogens is 140 g/mol. The summed E-state index contributed by atoms with van der Waals surface area (Å²) in [6, 6.07) is 11.1. The van der Waals surface area contributed by atoms with Gasteiger partial charge in [0.15, 0.2) is 0 Å². The lowest BCUT2D eigenvalue weighted by Crippen LogP contribution is -1.73. The minimum atomic E-state index is 1.21. The fourth-order valence-electron chi connectivity index (χ4n) is 0.688. The molecule has 0 aliphatic carbocycles. The first kappa shape index (κ1) is 7.67. The molecule has 0 saturated heterocycles. The monoisotopic (exact) mass is 151 g/mol. The molecule has 0 atom stereocenters. The van der Waals surface area contributed by atoms with Gasteiger partial charge in [-0.1, -0.05) is 19.1 Å². The van der Waals surface area contributed by atoms with Crippen LogP contribution in [0.4, 0.5) is 0 Å². The maximum atomic E-state index is 3.00. The molecule has 0 N–H and O–H groups in total. The summed E-state index contributed by atoms with van der Waals surface area (Å²) >= 11 is 1.90. The van der Waals surface area contributed by atoms with E-state index in [1.54, 1.807) is 0 Å². The van der Waals surface area contributed by atoms with Crippen molar-refractivity contribution in [1.29, 1.82) is 0 Å². The Hall–Kier alpha value is -0.430. The number of rotatable bonds is 3. The summed E-state index contributed by atoms with van der Waals surface area (Å²) in [5, 5.41) is 0. The predicted molar refractivity (Wildman–Crippen MR) is 46.3 cm³/mol. The zero-order chi connectivity index (χ0) is 7.23. The Morgan fingerprint density at radius 3 is 2.70 bits per heavy atom. The van der Waals surface area contributed by atoms with Gasteiger partial charge in [-0.15, -0.1) is 11.8 Å². The van der Waals surface area contributed by atoms with Crippen LogP contribution in [0, 0.1) is 6.07 Å². The molecule has 1 aromatic carbocycles. The maximum Gasteiger partial charge on any atom is 0.00723 e. The Morgan fingerprint density at radius 2 is 2.10 bits per heavy atom. The van der Waals surface area contributed by atoms with Crippen LogP contribution in [0.15, 0.2) is 29.2 Å². The van der Waals surface area contributed by atoms with Crippen molar-refractivity contribution < 1.29 is 0 Å². The first-order chi connectivity index (χ1) is 4.93. The maximum absolute atomic E-state index is 3.00. The Labute approximate surface area is 66.6 Å². The molecule has 0 nitrogen and oxygen atoms in total. The average molecular weight is 151 g/mol. The van der Waals surface area contributed by atoms with Gasteiger partial charge in [0.2, 0.25) is 0 Å². The smallest absolute Gasteiger partial charge is 0.00723 e. The minimum Gasteiger partial charge on any atom is -0.126 e. The summed E-state index contributed by atoms with van der Waals surface area (Å²) < 4.78 is 0. The van der Waals surface area contributed by atoms with Crippen LogP contribution in [-0.4, -0.2) is 5.75 Å². The van der Waals surface area contributed by atoms with Gasteiger partial charge in [0.1, 0.15) is 0 Å². The highest BCUT2D eigenvalue weighted by molar-refractivity contribution is 7.99. The molecule has 1 radical (unpaired) electrons. The molecule has 0 fully saturated rings. The van der Waals surface area contributed by atoms with Crippen molar-refractivity contribution in [2.45, 2.75) is 18.2 Å². The van der Waals surface area contributed by atoms with Crippen LogP contribution in [0.5, 0.6) is 0 Å². The normalized spacial score (nSPS) is 9.70. The van der Waals surface area contributed by atoms with Crippen molar-refractivity contribution >= 4 is 11.8 Å². The van der Waals surface area contributed by atoms with Crippen LogP contribution in [0.2, 0.25) is 0 Å². The third-order valence-electron chi connectivity index (χ3n) is 1.16. The van der Waals surface area contributed by atoms with Gasteiger partial charge < -0.3 is 0 Å². The minimum absolute atomic E-state index is 1.21. The molecule has 10 heavy (non-hydrogen) atoms. The van der Waals surface area contributed by atoms with Gasteiger partial charge in [0, 0.05) is 4.90 Å². The summed E-state index contributed by atoms with van der Waals surface area (Å²) in [6.07, 6.45) is 1.24. The molecule has 53 valence electrons. The molecule has 0 aliphatic rings. The van der Waals surface area contributed by atoms with Gasteiger partial charge in [-0.05, 0) is 30.4 Å². The summed E-state index contributed by atoms with van der Waals surface area (Å²) in [6.45, 7) is 2.20. The molecule has 0 spiro atoms. The van der Waals surface area contributed by atoms with E-state index in [4.69, 9.17) is 0 Å². The van der Waals surface area contributed by atoms with Crippen LogP contribution in [0.25, 0.3) is 0 Å². The highest BCUT2D eigenvalue weighted by Crippen LogP contribution is 2.16. The summed E-state index contributed by atoms with van der Waals surface area (Å²) in [5.74, 6) is 1.21. The van der Waals surface area contributed by atoms with Crippen molar-refractivity contribution in [3.05, 3.63) is 30.3 Å². The average Bonchev–Trinajstić information content (AvgIpc) is 2.03. The second kappa shape index (κ2) is 4.40. The van der Waals surface area contributed by atoms with E-state index in [2.05, 4.69) is 25.1 Å². The Bertz CT molecular complexity index is 169. The lowest BCUT2D eigenvalue weighted by molar-refractivity contribution is 1.10. The van der Waals surface area contributed by atoms with E-state index in [1.165, 1.54) is 17.1 Å². The topological polar surface area (TPSA) is 0 Å². The van der Waals surface area contributed by atoms with Crippen LogP contribution in [0.3, 0.4) is 0 Å². The number of hydrogen-bond acceptors (Lipinski definition) is 1. The van der Waals surface area contributed by atoms with E-state index in [0.717, 1.165) is 0 Å². The van der Waals surface area contributed by atoms with Crippen molar-refractivity contribution in [1.82, 2.24) is 0 Å². The molecule has 0 heterocycles. The van der Waals surface area contributed by atoms with Crippen molar-refractivity contribution in [2.75, 3.05) is 5.75 Å². The Balaban J connectivity index is 2.43. The lowest BCUT2D eigenvalue weighted by atomic mass is 10.4. The van der Waals surface area contributed by atoms with Crippen molar-refractivity contribution in [3.8, 4) is 0 Å². The molecule has 0 amide bonds. The fourth-order valence-corrected chi connectivity index (χ4v) is 1.46. The number of thioether (sulfide) groups is 1. The molecule has 0 aromatic heterocycles. The molecule has 1 heteroatoms. The first-order valence-corrected chi connectivity index (χ1v) is 4.51. The van der Waals surface area contributed by atoms with Crippen LogP contribution >= 0.6 is 11.8 Å². The van der Waals surface area contributed by atoms with E-state index in [1.807, 2.05) is 23.9 Å². The highest BCUT2D eigenvalue weighted by atomic mass is 32.2. The number of hydrogen-bond donors (Lipinski definition) is 0. The van der Waals surface area contributed by atoms with Crippen molar-refractivity contribution in [2.24, 2.45) is 0 Å².